The van der Waals surface area contributed by atoms with Crippen molar-refractivity contribution in [2.24, 2.45) is 0 Å². The number of nitrogens with one attached hydrogen (secondary N) is 2. The molecule has 2 N–H and O–H groups in total. The van der Waals surface area contributed by atoms with Crippen LogP contribution in [0.25, 0.3) is 0 Å². The van der Waals surface area contributed by atoms with Crippen LogP contribution < -0.4 is 35.5 Å². The van der Waals surface area contributed by atoms with Crippen LogP contribution >= 0.6 is 0 Å². The number of benzene rings is 3. The number of esters is 1. The molecule has 0 radical (unpaired) electrons. The van der Waals surface area contributed by atoms with Crippen molar-refractivity contribution in [2.75, 3.05) is 27.9 Å². The molecule has 0 bridgehead atoms. The fourth-order valence-corrected chi connectivity index (χ4v) is 6.07. The number of hydrogen-bond acceptors (Lipinski definition) is 10. The van der Waals surface area contributed by atoms with Gasteiger partial charge in [-0.3, -0.25) is 19.1 Å². The highest BCUT2D eigenvalue weighted by Crippen LogP contribution is 2.44. The number of hydrogen-bond donors (Lipinski definition) is 2. The molecule has 250 valence electrons. The minimum atomic E-state index is -0.903. The SMILES string of the molecule is CCc1cn([C@@H]2CC(OC(=O)c3cc(OC)c(OC)c(OC)c3)[C@H](CNC(=O)C3c4ccccc4Oc4ccccc43)O2)c(=O)[nH]c1=O. The third-order valence-corrected chi connectivity index (χ3v) is 8.49. The van der Waals surface area contributed by atoms with E-state index in [0.29, 0.717) is 40.4 Å². The zero-order chi connectivity index (χ0) is 33.9. The van der Waals surface area contributed by atoms with Crippen molar-refractivity contribution >= 4 is 11.9 Å². The molecule has 1 saturated heterocycles. The molecule has 0 aliphatic carbocycles. The van der Waals surface area contributed by atoms with Crippen molar-refractivity contribution in [3.63, 3.8) is 0 Å². The Morgan fingerprint density at radius 3 is 2.15 bits per heavy atom. The van der Waals surface area contributed by atoms with Crippen molar-refractivity contribution in [3.8, 4) is 28.7 Å². The smallest absolute Gasteiger partial charge is 0.338 e. The molecule has 2 aliphatic heterocycles. The van der Waals surface area contributed by atoms with Gasteiger partial charge in [-0.25, -0.2) is 9.59 Å². The third kappa shape index (κ3) is 6.11. The average Bonchev–Trinajstić information content (AvgIpc) is 3.50. The molecule has 48 heavy (non-hydrogen) atoms. The summed E-state index contributed by atoms with van der Waals surface area (Å²) >= 11 is 0. The normalized spacial score (nSPS) is 18.2. The van der Waals surface area contributed by atoms with E-state index >= 15 is 0 Å². The monoisotopic (exact) mass is 657 g/mol. The van der Waals surface area contributed by atoms with Gasteiger partial charge in [-0.1, -0.05) is 43.3 Å². The number of amides is 1. The van der Waals surface area contributed by atoms with Gasteiger partial charge in [0, 0.05) is 35.9 Å². The highest BCUT2D eigenvalue weighted by Gasteiger charge is 2.41. The van der Waals surface area contributed by atoms with Crippen LogP contribution in [0.4, 0.5) is 0 Å². The fourth-order valence-electron chi connectivity index (χ4n) is 6.07. The molecule has 3 aromatic carbocycles. The Labute approximate surface area is 275 Å². The first-order valence-electron chi connectivity index (χ1n) is 15.4. The molecule has 1 fully saturated rings. The Bertz CT molecular complexity index is 1900. The molecular weight excluding hydrogens is 622 g/mol. The number of carbonyl (C=O) groups is 2. The summed E-state index contributed by atoms with van der Waals surface area (Å²) in [6.07, 6.45) is -0.770. The van der Waals surface area contributed by atoms with Gasteiger partial charge in [-0.15, -0.1) is 0 Å². The number of fused-ring (bicyclic) bond motifs is 2. The van der Waals surface area contributed by atoms with Crippen LogP contribution in [0.1, 0.15) is 52.5 Å². The summed E-state index contributed by atoms with van der Waals surface area (Å²) in [5.41, 5.74) is 0.769. The highest BCUT2D eigenvalue weighted by atomic mass is 16.6. The zero-order valence-electron chi connectivity index (χ0n) is 26.8. The molecule has 1 unspecified atom stereocenters. The van der Waals surface area contributed by atoms with E-state index in [4.69, 9.17) is 28.4 Å². The minimum Gasteiger partial charge on any atom is -0.493 e. The van der Waals surface area contributed by atoms with E-state index in [9.17, 15) is 19.2 Å². The molecule has 4 aromatic rings. The van der Waals surface area contributed by atoms with E-state index in [2.05, 4.69) is 10.3 Å². The number of methoxy groups -OCH3 is 3. The first-order valence-corrected chi connectivity index (χ1v) is 15.4. The number of rotatable bonds is 10. The van der Waals surface area contributed by atoms with Crippen LogP contribution in [0.15, 0.2) is 76.4 Å². The maximum atomic E-state index is 13.9. The quantitative estimate of drug-likeness (QED) is 0.241. The summed E-state index contributed by atoms with van der Waals surface area (Å²) in [7, 11) is 4.32. The van der Waals surface area contributed by atoms with E-state index in [0.717, 1.165) is 0 Å². The van der Waals surface area contributed by atoms with Crippen molar-refractivity contribution < 1.29 is 38.0 Å². The predicted octanol–water partition coefficient (Wildman–Crippen LogP) is 3.69. The van der Waals surface area contributed by atoms with Gasteiger partial charge in [0.1, 0.15) is 29.9 Å². The summed E-state index contributed by atoms with van der Waals surface area (Å²) < 4.78 is 35.7. The summed E-state index contributed by atoms with van der Waals surface area (Å²) in [5.74, 6) is 0.294. The first-order chi connectivity index (χ1) is 23.3. The number of aromatic nitrogens is 2. The molecule has 2 aliphatic rings. The van der Waals surface area contributed by atoms with Crippen LogP contribution in [0.3, 0.4) is 0 Å². The second-order valence-electron chi connectivity index (χ2n) is 11.3. The summed E-state index contributed by atoms with van der Waals surface area (Å²) in [6, 6.07) is 17.6. The van der Waals surface area contributed by atoms with E-state index in [1.54, 1.807) is 19.1 Å². The Morgan fingerprint density at radius 1 is 0.938 bits per heavy atom. The molecule has 3 atom stereocenters. The van der Waals surface area contributed by atoms with Crippen molar-refractivity contribution in [1.29, 1.82) is 0 Å². The first kappa shape index (κ1) is 32.4. The molecule has 3 heterocycles. The van der Waals surface area contributed by atoms with Gasteiger partial charge >= 0.3 is 11.7 Å². The predicted molar refractivity (Wildman–Crippen MR) is 172 cm³/mol. The van der Waals surface area contributed by atoms with E-state index < -0.39 is 41.6 Å². The molecule has 6 rings (SSSR count). The number of aromatic amines is 1. The Balaban J connectivity index is 1.28. The molecule has 1 amide bonds. The average molecular weight is 658 g/mol. The van der Waals surface area contributed by atoms with Crippen LogP contribution in [0.2, 0.25) is 0 Å². The van der Waals surface area contributed by atoms with E-state index in [1.807, 2.05) is 36.4 Å². The lowest BCUT2D eigenvalue weighted by atomic mass is 9.87. The fraction of sp³-hybridized carbons (Fsp3) is 0.314. The maximum absolute atomic E-state index is 13.9. The Hall–Kier alpha value is -5.56. The highest BCUT2D eigenvalue weighted by molar-refractivity contribution is 5.91. The topological polar surface area (TPSA) is 156 Å². The van der Waals surface area contributed by atoms with E-state index in [-0.39, 0.29) is 35.9 Å². The largest absolute Gasteiger partial charge is 0.493 e. The number of H-pyrrole nitrogens is 1. The van der Waals surface area contributed by atoms with Gasteiger partial charge in [-0.2, -0.15) is 0 Å². The second-order valence-corrected chi connectivity index (χ2v) is 11.3. The van der Waals surface area contributed by atoms with E-state index in [1.165, 1.54) is 44.2 Å². The van der Waals surface area contributed by atoms with Crippen molar-refractivity contribution in [3.05, 3.63) is 110 Å². The zero-order valence-corrected chi connectivity index (χ0v) is 26.8. The van der Waals surface area contributed by atoms with Crippen LogP contribution in [0, 0.1) is 0 Å². The number of para-hydroxylation sites is 2. The van der Waals surface area contributed by atoms with Gasteiger partial charge in [0.2, 0.25) is 11.7 Å². The summed E-state index contributed by atoms with van der Waals surface area (Å²) in [6.45, 7) is 1.74. The lowest BCUT2D eigenvalue weighted by Gasteiger charge is -2.28. The second kappa shape index (κ2) is 13.7. The minimum absolute atomic E-state index is 0.0526. The summed E-state index contributed by atoms with van der Waals surface area (Å²) in [5, 5.41) is 2.98. The van der Waals surface area contributed by atoms with Crippen LogP contribution in [-0.4, -0.2) is 61.5 Å². The van der Waals surface area contributed by atoms with Crippen molar-refractivity contribution in [1.82, 2.24) is 14.9 Å². The van der Waals surface area contributed by atoms with Gasteiger partial charge in [0.05, 0.1) is 32.8 Å². The lowest BCUT2D eigenvalue weighted by Crippen LogP contribution is -2.41. The lowest BCUT2D eigenvalue weighted by molar-refractivity contribution is -0.123. The van der Waals surface area contributed by atoms with Crippen molar-refractivity contribution in [2.45, 2.75) is 44.1 Å². The molecule has 13 nitrogen and oxygen atoms in total. The number of nitrogens with zero attached hydrogens (tertiary/aromatic N) is 1. The molecule has 13 heteroatoms. The van der Waals surface area contributed by atoms with Gasteiger partial charge < -0.3 is 33.7 Å². The molecule has 1 aromatic heterocycles. The van der Waals surface area contributed by atoms with Gasteiger partial charge in [0.25, 0.3) is 5.56 Å². The molecular formula is C35H35N3O10. The number of aryl methyl sites for hydroxylation is 1. The number of carbonyl (C=O) groups excluding carboxylic acids is 2. The number of ether oxygens (including phenoxy) is 6. The molecule has 0 spiro atoms. The molecule has 0 saturated carbocycles. The van der Waals surface area contributed by atoms with Crippen LogP contribution in [0.5, 0.6) is 28.7 Å². The Morgan fingerprint density at radius 2 is 1.56 bits per heavy atom. The summed E-state index contributed by atoms with van der Waals surface area (Å²) in [4.78, 5) is 54.9. The van der Waals surface area contributed by atoms with Crippen LogP contribution in [-0.2, 0) is 20.7 Å². The Kier molecular flexibility index (Phi) is 9.21. The maximum Gasteiger partial charge on any atom is 0.338 e. The standard InChI is InChI=1S/C35H35N3O10/c1-5-19-18-38(35(42)37-32(19)39)29-16-25(48-34(41)20-14-26(43-2)31(45-4)27(15-20)44-3)28(47-29)17-36-33(40)30-21-10-6-8-12-23(21)46-24-13-9-7-11-22(24)30/h6-15,18,25,28-30H,5,16-17H2,1-4H3,(H,36,40)(H,37,39,42)/t25?,28-,29-/m0/s1. The van der Waals surface area contributed by atoms with Gasteiger partial charge in [0.15, 0.2) is 11.5 Å². The third-order valence-electron chi connectivity index (χ3n) is 8.49. The van der Waals surface area contributed by atoms with Gasteiger partial charge in [-0.05, 0) is 30.7 Å².